The van der Waals surface area contributed by atoms with Crippen LogP contribution < -0.4 is 4.74 Å². The van der Waals surface area contributed by atoms with E-state index in [9.17, 15) is 18.0 Å². The van der Waals surface area contributed by atoms with Crippen molar-refractivity contribution in [2.24, 2.45) is 5.92 Å². The number of aromatic nitrogens is 3. The molecule has 194 valence electrons. The molecule has 0 N–H and O–H groups in total. The molecule has 2 fully saturated rings. The van der Waals surface area contributed by atoms with Crippen molar-refractivity contribution >= 4 is 29.1 Å². The Kier molecular flexibility index (Phi) is 7.02. The van der Waals surface area contributed by atoms with Crippen LogP contribution in [0.5, 0.6) is 5.88 Å². The van der Waals surface area contributed by atoms with E-state index in [-0.39, 0.29) is 23.6 Å². The Hall–Kier alpha value is -2.91. The summed E-state index contributed by atoms with van der Waals surface area (Å²) in [5.41, 5.74) is 0.426. The van der Waals surface area contributed by atoms with E-state index in [1.807, 2.05) is 13.0 Å². The molecule has 6 nitrogen and oxygen atoms in total. The van der Waals surface area contributed by atoms with Crippen molar-refractivity contribution in [3.8, 4) is 5.88 Å². The van der Waals surface area contributed by atoms with Crippen molar-refractivity contribution in [1.82, 2.24) is 19.9 Å². The van der Waals surface area contributed by atoms with Gasteiger partial charge in [0.1, 0.15) is 11.9 Å². The van der Waals surface area contributed by atoms with Gasteiger partial charge in [0.25, 0.3) is 5.91 Å². The second kappa shape index (κ2) is 10.1. The lowest BCUT2D eigenvalue weighted by molar-refractivity contribution is -0.137. The van der Waals surface area contributed by atoms with E-state index in [2.05, 4.69) is 15.0 Å². The van der Waals surface area contributed by atoms with Gasteiger partial charge in [-0.3, -0.25) is 4.79 Å². The average Bonchev–Trinajstić information content (AvgIpc) is 3.63. The van der Waals surface area contributed by atoms with Gasteiger partial charge in [0, 0.05) is 55.5 Å². The Morgan fingerprint density at radius 3 is 2.35 bits per heavy atom. The van der Waals surface area contributed by atoms with E-state index in [0.717, 1.165) is 36.5 Å². The summed E-state index contributed by atoms with van der Waals surface area (Å²) in [6.07, 6.45) is 1.05. The van der Waals surface area contributed by atoms with Crippen LogP contribution in [0.1, 0.15) is 58.9 Å². The quantitative estimate of drug-likeness (QED) is 0.355. The molecule has 1 amide bonds. The summed E-state index contributed by atoms with van der Waals surface area (Å²) in [5, 5.41) is 0.809. The first kappa shape index (κ1) is 25.7. The van der Waals surface area contributed by atoms with E-state index in [4.69, 9.17) is 27.9 Å². The van der Waals surface area contributed by atoms with E-state index in [1.165, 1.54) is 6.07 Å². The number of hydrogen-bond acceptors (Lipinski definition) is 5. The van der Waals surface area contributed by atoms with Gasteiger partial charge in [-0.15, -0.1) is 0 Å². The number of halogens is 5. The Morgan fingerprint density at radius 2 is 1.76 bits per heavy atom. The molecular formula is C26H23Cl2F3N4O2. The van der Waals surface area contributed by atoms with E-state index in [1.54, 1.807) is 29.4 Å². The lowest BCUT2D eigenvalue weighted by Gasteiger charge is -2.25. The molecule has 37 heavy (non-hydrogen) atoms. The predicted octanol–water partition coefficient (Wildman–Crippen LogP) is 6.40. The van der Waals surface area contributed by atoms with E-state index >= 15 is 0 Å². The SMILES string of the molecule is C[C@H](Oc1ccc(C(F)(F)F)cn1)[C@H]1CN(C(=O)c2cnc(C3CC3)nc2)C[C@@H]1c1ccc(Cl)c(Cl)c1. The molecule has 11 heteroatoms. The maximum atomic E-state index is 13.3. The summed E-state index contributed by atoms with van der Waals surface area (Å²) in [4.78, 5) is 27.6. The minimum atomic E-state index is -4.48. The van der Waals surface area contributed by atoms with Crippen molar-refractivity contribution in [2.75, 3.05) is 13.1 Å². The number of hydrogen-bond donors (Lipinski definition) is 0. The first-order valence-electron chi connectivity index (χ1n) is 11.9. The number of amides is 1. The van der Waals surface area contributed by atoms with Crippen LogP contribution in [0.2, 0.25) is 10.0 Å². The van der Waals surface area contributed by atoms with Crippen LogP contribution in [-0.4, -0.2) is 45.0 Å². The molecule has 0 radical (unpaired) electrons. The van der Waals surface area contributed by atoms with Gasteiger partial charge in [0.05, 0.1) is 21.2 Å². The van der Waals surface area contributed by atoms with Gasteiger partial charge in [-0.1, -0.05) is 29.3 Å². The maximum Gasteiger partial charge on any atom is 0.417 e. The van der Waals surface area contributed by atoms with Crippen molar-refractivity contribution in [2.45, 2.75) is 43.9 Å². The molecule has 3 aromatic rings. The summed E-state index contributed by atoms with van der Waals surface area (Å²) in [5.74, 6) is 0.663. The maximum absolute atomic E-state index is 13.3. The van der Waals surface area contributed by atoms with Crippen molar-refractivity contribution < 1.29 is 22.7 Å². The van der Waals surface area contributed by atoms with Crippen LogP contribution in [0.25, 0.3) is 0 Å². The lowest BCUT2D eigenvalue weighted by atomic mass is 9.86. The average molecular weight is 551 g/mol. The Bertz CT molecular complexity index is 1280. The van der Waals surface area contributed by atoms with E-state index in [0.29, 0.717) is 34.6 Å². The zero-order chi connectivity index (χ0) is 26.3. The highest BCUT2D eigenvalue weighted by Gasteiger charge is 2.41. The molecule has 1 aromatic carbocycles. The van der Waals surface area contributed by atoms with Gasteiger partial charge in [0.2, 0.25) is 5.88 Å². The lowest BCUT2D eigenvalue weighted by Crippen LogP contribution is -2.32. The number of benzene rings is 1. The molecule has 1 aliphatic heterocycles. The summed E-state index contributed by atoms with van der Waals surface area (Å²) < 4.78 is 44.7. The molecule has 5 rings (SSSR count). The molecule has 1 aliphatic carbocycles. The predicted molar refractivity (Wildman–Crippen MR) is 132 cm³/mol. The highest BCUT2D eigenvalue weighted by Crippen LogP contribution is 2.40. The second-order valence-corrected chi connectivity index (χ2v) is 10.3. The van der Waals surface area contributed by atoms with E-state index < -0.39 is 17.8 Å². The monoisotopic (exact) mass is 550 g/mol. The number of nitrogens with zero attached hydrogens (tertiary/aromatic N) is 4. The molecule has 0 spiro atoms. The minimum Gasteiger partial charge on any atom is -0.474 e. The van der Waals surface area contributed by atoms with Gasteiger partial charge in [-0.25, -0.2) is 15.0 Å². The van der Waals surface area contributed by atoms with Gasteiger partial charge in [0.15, 0.2) is 0 Å². The zero-order valence-electron chi connectivity index (χ0n) is 19.8. The minimum absolute atomic E-state index is 0.0715. The Morgan fingerprint density at radius 1 is 1.03 bits per heavy atom. The third kappa shape index (κ3) is 5.67. The van der Waals surface area contributed by atoms with Crippen LogP contribution in [0, 0.1) is 5.92 Å². The molecule has 0 bridgehead atoms. The topological polar surface area (TPSA) is 68.2 Å². The molecule has 2 aliphatic rings. The van der Waals surface area contributed by atoms with Crippen molar-refractivity contribution in [3.63, 3.8) is 0 Å². The van der Waals surface area contributed by atoms with Gasteiger partial charge in [-0.2, -0.15) is 13.2 Å². The molecule has 0 unspecified atom stereocenters. The smallest absolute Gasteiger partial charge is 0.417 e. The number of carbonyl (C=O) groups excluding carboxylic acids is 1. The highest BCUT2D eigenvalue weighted by molar-refractivity contribution is 6.42. The van der Waals surface area contributed by atoms with Gasteiger partial charge < -0.3 is 9.64 Å². The van der Waals surface area contributed by atoms with Crippen LogP contribution in [-0.2, 0) is 6.18 Å². The summed E-state index contributed by atoms with van der Waals surface area (Å²) in [6.45, 7) is 2.56. The van der Waals surface area contributed by atoms with Crippen molar-refractivity contribution in [3.05, 3.63) is 81.5 Å². The number of alkyl halides is 3. The Labute approximate surface area is 221 Å². The molecule has 3 atom stereocenters. The zero-order valence-corrected chi connectivity index (χ0v) is 21.3. The van der Waals surface area contributed by atoms with Crippen LogP contribution >= 0.6 is 23.2 Å². The van der Waals surface area contributed by atoms with Crippen LogP contribution in [0.4, 0.5) is 13.2 Å². The normalized spacial score (nSPS) is 20.6. The fraction of sp³-hybridized carbons (Fsp3) is 0.385. The fourth-order valence-electron chi connectivity index (χ4n) is 4.65. The fourth-order valence-corrected chi connectivity index (χ4v) is 4.95. The Balaban J connectivity index is 1.37. The number of likely N-dealkylation sites (tertiary alicyclic amines) is 1. The molecule has 1 saturated carbocycles. The highest BCUT2D eigenvalue weighted by atomic mass is 35.5. The van der Waals surface area contributed by atoms with Gasteiger partial charge >= 0.3 is 6.18 Å². The second-order valence-electron chi connectivity index (χ2n) is 9.46. The number of carbonyl (C=O) groups is 1. The number of pyridine rings is 1. The van der Waals surface area contributed by atoms with Crippen molar-refractivity contribution in [1.29, 1.82) is 0 Å². The molecule has 3 heterocycles. The van der Waals surface area contributed by atoms with Crippen LogP contribution in [0.15, 0.2) is 48.9 Å². The first-order chi connectivity index (χ1) is 17.6. The summed E-state index contributed by atoms with van der Waals surface area (Å²) in [7, 11) is 0. The third-order valence-electron chi connectivity index (χ3n) is 6.86. The summed E-state index contributed by atoms with van der Waals surface area (Å²) in [6, 6.07) is 7.46. The summed E-state index contributed by atoms with van der Waals surface area (Å²) >= 11 is 12.4. The molecular weight excluding hydrogens is 528 g/mol. The molecule has 2 aromatic heterocycles. The number of ether oxygens (including phenoxy) is 1. The third-order valence-corrected chi connectivity index (χ3v) is 7.60. The molecule has 1 saturated heterocycles. The first-order valence-corrected chi connectivity index (χ1v) is 12.6. The largest absolute Gasteiger partial charge is 0.474 e. The number of rotatable bonds is 6. The van der Waals surface area contributed by atoms with Crippen LogP contribution in [0.3, 0.4) is 0 Å². The standard InChI is InChI=1S/C26H23Cl2F3N4O2/c1-14(37-23-7-5-18(11-32-23)26(29,30)31)19-12-35(13-20(19)16-4-6-21(27)22(28)8-16)25(36)17-9-33-24(34-10-17)15-2-3-15/h4-11,14-15,19-20H,2-3,12-13H2,1H3/t14-,19+,20+/m0/s1. The van der Waals surface area contributed by atoms with Gasteiger partial charge in [-0.05, 0) is 43.5 Å².